The van der Waals surface area contributed by atoms with Crippen molar-refractivity contribution in [3.05, 3.63) is 29.8 Å². The topological polar surface area (TPSA) is 47.6 Å². The van der Waals surface area contributed by atoms with Crippen LogP contribution in [0.15, 0.2) is 24.3 Å². The molecule has 17 heavy (non-hydrogen) atoms. The van der Waals surface area contributed by atoms with Gasteiger partial charge in [0.2, 0.25) is 5.91 Å². The average molecular weight is 235 g/mol. The molecule has 0 spiro atoms. The monoisotopic (exact) mass is 235 g/mol. The van der Waals surface area contributed by atoms with E-state index in [9.17, 15) is 4.79 Å². The molecule has 2 rings (SSSR count). The van der Waals surface area contributed by atoms with Crippen LogP contribution < -0.4 is 10.1 Å². The Hall–Kier alpha value is -1.55. The Kier molecular flexibility index (Phi) is 3.98. The summed E-state index contributed by atoms with van der Waals surface area (Å²) in [5.41, 5.74) is 1.04. The third-order valence-corrected chi connectivity index (χ3v) is 2.81. The molecule has 4 nitrogen and oxygen atoms in total. The molecule has 0 aliphatic carbocycles. The summed E-state index contributed by atoms with van der Waals surface area (Å²) in [7, 11) is 1.63. The number of nitrogens with one attached hydrogen (secondary N) is 1. The summed E-state index contributed by atoms with van der Waals surface area (Å²) in [5.74, 6) is 1.30. The van der Waals surface area contributed by atoms with Crippen LogP contribution in [0.4, 0.5) is 0 Å². The van der Waals surface area contributed by atoms with Crippen molar-refractivity contribution in [2.24, 2.45) is 5.92 Å². The van der Waals surface area contributed by atoms with Gasteiger partial charge < -0.3 is 14.8 Å². The molecule has 1 aromatic rings. The van der Waals surface area contributed by atoms with E-state index in [1.165, 1.54) is 0 Å². The second kappa shape index (κ2) is 5.68. The second-order valence-electron chi connectivity index (χ2n) is 4.24. The third-order valence-electron chi connectivity index (χ3n) is 2.81. The molecular weight excluding hydrogens is 218 g/mol. The fourth-order valence-corrected chi connectivity index (χ4v) is 1.72. The van der Waals surface area contributed by atoms with Crippen molar-refractivity contribution in [3.8, 4) is 5.75 Å². The molecule has 0 saturated carbocycles. The molecule has 92 valence electrons. The number of rotatable bonds is 5. The Bertz CT molecular complexity index is 388. The highest BCUT2D eigenvalue weighted by molar-refractivity contribution is 5.76. The van der Waals surface area contributed by atoms with Crippen molar-refractivity contribution >= 4 is 5.91 Å². The lowest BCUT2D eigenvalue weighted by Crippen LogP contribution is -2.34. The highest BCUT2D eigenvalue weighted by Gasteiger charge is 2.21. The van der Waals surface area contributed by atoms with Crippen molar-refractivity contribution in [1.82, 2.24) is 5.32 Å². The number of benzene rings is 1. The summed E-state index contributed by atoms with van der Waals surface area (Å²) in [6.07, 6.45) is 0.559. The first kappa shape index (κ1) is 11.9. The molecule has 1 N–H and O–H groups in total. The van der Waals surface area contributed by atoms with E-state index >= 15 is 0 Å². The molecule has 0 aromatic heterocycles. The molecule has 0 radical (unpaired) electrons. The quantitative estimate of drug-likeness (QED) is 0.838. The smallest absolute Gasteiger partial charge is 0.220 e. The minimum absolute atomic E-state index is 0.0844. The first-order chi connectivity index (χ1) is 8.28. The number of hydrogen-bond donors (Lipinski definition) is 1. The Labute approximate surface area is 101 Å². The van der Waals surface area contributed by atoms with Crippen molar-refractivity contribution in [2.45, 2.75) is 13.0 Å². The van der Waals surface area contributed by atoms with E-state index in [2.05, 4.69) is 5.32 Å². The van der Waals surface area contributed by atoms with E-state index in [1.807, 2.05) is 24.3 Å². The summed E-state index contributed by atoms with van der Waals surface area (Å²) in [6, 6.07) is 7.69. The predicted octanol–water partition coefficient (Wildman–Crippen LogP) is 1.35. The Morgan fingerprint density at radius 1 is 1.53 bits per heavy atom. The van der Waals surface area contributed by atoms with Crippen LogP contribution in [-0.2, 0) is 16.1 Å². The van der Waals surface area contributed by atoms with Crippen LogP contribution in [-0.4, -0.2) is 26.2 Å². The fourth-order valence-electron chi connectivity index (χ4n) is 1.72. The Balaban J connectivity index is 1.77. The molecule has 1 fully saturated rings. The Morgan fingerprint density at radius 3 is 3.00 bits per heavy atom. The van der Waals surface area contributed by atoms with Crippen LogP contribution >= 0.6 is 0 Å². The van der Waals surface area contributed by atoms with E-state index < -0.39 is 0 Å². The van der Waals surface area contributed by atoms with Crippen LogP contribution in [0.2, 0.25) is 0 Å². The maximum absolute atomic E-state index is 11.6. The highest BCUT2D eigenvalue weighted by atomic mass is 16.5. The van der Waals surface area contributed by atoms with Crippen molar-refractivity contribution in [3.63, 3.8) is 0 Å². The van der Waals surface area contributed by atoms with E-state index in [4.69, 9.17) is 9.47 Å². The SMILES string of the molecule is COc1cccc(CNC(=O)CC2COC2)c1. The minimum atomic E-state index is 0.0844. The number of carbonyl (C=O) groups excluding carboxylic acids is 1. The zero-order valence-corrected chi connectivity index (χ0v) is 9.94. The van der Waals surface area contributed by atoms with Gasteiger partial charge in [0.25, 0.3) is 0 Å². The lowest BCUT2D eigenvalue weighted by atomic mass is 10.0. The number of hydrogen-bond acceptors (Lipinski definition) is 3. The van der Waals surface area contributed by atoms with Gasteiger partial charge in [0.1, 0.15) is 5.75 Å². The van der Waals surface area contributed by atoms with Gasteiger partial charge in [0.15, 0.2) is 0 Å². The third kappa shape index (κ3) is 3.46. The van der Waals surface area contributed by atoms with Crippen LogP contribution in [0.3, 0.4) is 0 Å². The van der Waals surface area contributed by atoms with Gasteiger partial charge in [-0.3, -0.25) is 4.79 Å². The van der Waals surface area contributed by atoms with Gasteiger partial charge in [-0.15, -0.1) is 0 Å². The first-order valence-electron chi connectivity index (χ1n) is 5.75. The highest BCUT2D eigenvalue weighted by Crippen LogP contribution is 2.15. The lowest BCUT2D eigenvalue weighted by molar-refractivity contribution is -0.126. The molecular formula is C13H17NO3. The molecule has 1 aromatic carbocycles. The van der Waals surface area contributed by atoms with Crippen molar-refractivity contribution < 1.29 is 14.3 Å². The lowest BCUT2D eigenvalue weighted by Gasteiger charge is -2.25. The zero-order chi connectivity index (χ0) is 12.1. The van der Waals surface area contributed by atoms with Crippen LogP contribution in [0.5, 0.6) is 5.75 Å². The molecule has 1 heterocycles. The molecule has 0 atom stereocenters. The molecule has 1 amide bonds. The van der Waals surface area contributed by atoms with Gasteiger partial charge in [-0.05, 0) is 17.7 Å². The van der Waals surface area contributed by atoms with E-state index in [-0.39, 0.29) is 5.91 Å². The zero-order valence-electron chi connectivity index (χ0n) is 9.94. The molecule has 0 unspecified atom stereocenters. The summed E-state index contributed by atoms with van der Waals surface area (Å²) < 4.78 is 10.2. The maximum Gasteiger partial charge on any atom is 0.220 e. The summed E-state index contributed by atoms with van der Waals surface area (Å²) >= 11 is 0. The van der Waals surface area contributed by atoms with Crippen molar-refractivity contribution in [2.75, 3.05) is 20.3 Å². The second-order valence-corrected chi connectivity index (χ2v) is 4.24. The molecule has 0 bridgehead atoms. The van der Waals surface area contributed by atoms with Gasteiger partial charge in [0.05, 0.1) is 20.3 Å². The number of ether oxygens (including phenoxy) is 2. The number of carbonyl (C=O) groups is 1. The minimum Gasteiger partial charge on any atom is -0.497 e. The summed E-state index contributed by atoms with van der Waals surface area (Å²) in [6.45, 7) is 1.97. The summed E-state index contributed by atoms with van der Waals surface area (Å²) in [4.78, 5) is 11.6. The predicted molar refractivity (Wildman–Crippen MR) is 63.8 cm³/mol. The number of amides is 1. The standard InChI is InChI=1S/C13H17NO3/c1-16-12-4-2-3-10(5-12)7-14-13(15)6-11-8-17-9-11/h2-5,11H,6-9H2,1H3,(H,14,15). The fraction of sp³-hybridized carbons (Fsp3) is 0.462. The van der Waals surface area contributed by atoms with Crippen molar-refractivity contribution in [1.29, 1.82) is 0 Å². The van der Waals surface area contributed by atoms with Gasteiger partial charge in [-0.1, -0.05) is 12.1 Å². The largest absolute Gasteiger partial charge is 0.497 e. The summed E-state index contributed by atoms with van der Waals surface area (Å²) in [5, 5.41) is 2.90. The average Bonchev–Trinajstić information content (AvgIpc) is 2.31. The van der Waals surface area contributed by atoms with Gasteiger partial charge >= 0.3 is 0 Å². The van der Waals surface area contributed by atoms with Gasteiger partial charge in [-0.25, -0.2) is 0 Å². The van der Waals surface area contributed by atoms with Crippen LogP contribution in [0.25, 0.3) is 0 Å². The van der Waals surface area contributed by atoms with Crippen LogP contribution in [0, 0.1) is 5.92 Å². The normalized spacial score (nSPS) is 15.1. The molecule has 4 heteroatoms. The van der Waals surface area contributed by atoms with Gasteiger partial charge in [-0.2, -0.15) is 0 Å². The first-order valence-corrected chi connectivity index (χ1v) is 5.75. The van der Waals surface area contributed by atoms with Crippen LogP contribution in [0.1, 0.15) is 12.0 Å². The maximum atomic E-state index is 11.6. The molecule has 1 aliphatic rings. The van der Waals surface area contributed by atoms with E-state index in [1.54, 1.807) is 7.11 Å². The molecule has 1 saturated heterocycles. The van der Waals surface area contributed by atoms with Gasteiger partial charge in [0, 0.05) is 18.9 Å². The van der Waals surface area contributed by atoms with E-state index in [0.29, 0.717) is 32.1 Å². The number of methoxy groups -OCH3 is 1. The Morgan fingerprint density at radius 2 is 2.35 bits per heavy atom. The molecule has 1 aliphatic heterocycles. The van der Waals surface area contributed by atoms with E-state index in [0.717, 1.165) is 11.3 Å².